The summed E-state index contributed by atoms with van der Waals surface area (Å²) in [6.45, 7) is 2.92. The first-order valence-electron chi connectivity index (χ1n) is 6.92. The molecule has 0 bridgehead atoms. The Balaban J connectivity index is 1.90. The van der Waals surface area contributed by atoms with Crippen molar-refractivity contribution in [3.8, 4) is 0 Å². The molecule has 0 amide bonds. The van der Waals surface area contributed by atoms with Gasteiger partial charge in [0.25, 0.3) is 0 Å². The lowest BCUT2D eigenvalue weighted by atomic mass is 10.0. The molecule has 20 heavy (non-hydrogen) atoms. The van der Waals surface area contributed by atoms with E-state index in [1.165, 1.54) is 11.3 Å². The monoisotopic (exact) mass is 268 g/mol. The van der Waals surface area contributed by atoms with Gasteiger partial charge in [-0.1, -0.05) is 12.1 Å². The van der Waals surface area contributed by atoms with E-state index in [-0.39, 0.29) is 0 Å². The minimum Gasteiger partial charge on any atom is -0.399 e. The molecule has 1 aliphatic heterocycles. The van der Waals surface area contributed by atoms with E-state index in [1.54, 1.807) is 0 Å². The van der Waals surface area contributed by atoms with Crippen molar-refractivity contribution in [2.75, 3.05) is 36.0 Å². The van der Waals surface area contributed by atoms with Crippen molar-refractivity contribution in [2.24, 2.45) is 0 Å². The second kappa shape index (κ2) is 5.43. The number of benzene rings is 2. The van der Waals surface area contributed by atoms with Gasteiger partial charge in [0.15, 0.2) is 0 Å². The molecule has 2 aromatic rings. The van der Waals surface area contributed by atoms with Gasteiger partial charge >= 0.3 is 0 Å². The molecule has 1 aliphatic rings. The largest absolute Gasteiger partial charge is 0.399 e. The van der Waals surface area contributed by atoms with Crippen LogP contribution in [-0.4, -0.2) is 19.6 Å². The maximum Gasteiger partial charge on any atom is 0.0667 e. The lowest BCUT2D eigenvalue weighted by molar-refractivity contribution is 0.490. The summed E-state index contributed by atoms with van der Waals surface area (Å²) in [5.74, 6) is 0. The SMILES string of the molecule is Nc1ccc(C2CNCCN2c2ccc(N)cc2)cc1. The third kappa shape index (κ3) is 2.56. The smallest absolute Gasteiger partial charge is 0.0667 e. The third-order valence-electron chi connectivity index (χ3n) is 3.79. The standard InChI is InChI=1S/C16H20N4/c17-13-3-1-12(2-4-13)16-11-19-9-10-20(16)15-7-5-14(18)6-8-15/h1-8,16,19H,9-11,17-18H2. The molecule has 1 unspecified atom stereocenters. The Labute approximate surface area is 119 Å². The van der Waals surface area contributed by atoms with E-state index in [0.717, 1.165) is 31.0 Å². The summed E-state index contributed by atoms with van der Waals surface area (Å²) in [7, 11) is 0. The number of hydrogen-bond acceptors (Lipinski definition) is 4. The minimum atomic E-state index is 0.327. The third-order valence-corrected chi connectivity index (χ3v) is 3.79. The number of nitrogen functional groups attached to an aromatic ring is 2. The van der Waals surface area contributed by atoms with Crippen LogP contribution in [0.2, 0.25) is 0 Å². The first kappa shape index (κ1) is 12.8. The number of piperazine rings is 1. The Kier molecular flexibility index (Phi) is 3.48. The van der Waals surface area contributed by atoms with Crippen LogP contribution >= 0.6 is 0 Å². The Morgan fingerprint density at radius 3 is 2.15 bits per heavy atom. The van der Waals surface area contributed by atoms with E-state index < -0.39 is 0 Å². The average molecular weight is 268 g/mol. The maximum absolute atomic E-state index is 5.78. The molecular formula is C16H20N4. The first-order valence-corrected chi connectivity index (χ1v) is 6.92. The normalized spacial score (nSPS) is 19.0. The van der Waals surface area contributed by atoms with Crippen molar-refractivity contribution < 1.29 is 0 Å². The predicted molar refractivity (Wildman–Crippen MR) is 84.7 cm³/mol. The number of nitrogens with one attached hydrogen (secondary N) is 1. The Morgan fingerprint density at radius 1 is 0.900 bits per heavy atom. The van der Waals surface area contributed by atoms with Crippen molar-refractivity contribution in [3.05, 3.63) is 54.1 Å². The zero-order valence-electron chi connectivity index (χ0n) is 11.4. The van der Waals surface area contributed by atoms with Crippen molar-refractivity contribution in [2.45, 2.75) is 6.04 Å². The topological polar surface area (TPSA) is 67.3 Å². The minimum absolute atomic E-state index is 0.327. The molecule has 1 saturated heterocycles. The highest BCUT2D eigenvalue weighted by atomic mass is 15.2. The first-order chi connectivity index (χ1) is 9.74. The molecule has 1 fully saturated rings. The van der Waals surface area contributed by atoms with E-state index in [0.29, 0.717) is 6.04 Å². The summed E-state index contributed by atoms with van der Waals surface area (Å²) < 4.78 is 0. The van der Waals surface area contributed by atoms with Crippen LogP contribution in [0, 0.1) is 0 Å². The van der Waals surface area contributed by atoms with Crippen LogP contribution in [0.25, 0.3) is 0 Å². The van der Waals surface area contributed by atoms with Gasteiger partial charge in [-0.05, 0) is 42.0 Å². The zero-order valence-corrected chi connectivity index (χ0v) is 11.4. The van der Waals surface area contributed by atoms with Gasteiger partial charge in [0, 0.05) is 36.7 Å². The van der Waals surface area contributed by atoms with Crippen LogP contribution in [0.3, 0.4) is 0 Å². The van der Waals surface area contributed by atoms with Crippen LogP contribution in [0.4, 0.5) is 17.1 Å². The second-order valence-corrected chi connectivity index (χ2v) is 5.17. The molecule has 1 heterocycles. The van der Waals surface area contributed by atoms with E-state index in [2.05, 4.69) is 34.5 Å². The molecule has 2 aromatic carbocycles. The van der Waals surface area contributed by atoms with Gasteiger partial charge in [-0.15, -0.1) is 0 Å². The molecule has 1 atom stereocenters. The maximum atomic E-state index is 5.78. The molecule has 0 aliphatic carbocycles. The van der Waals surface area contributed by atoms with Crippen molar-refractivity contribution >= 4 is 17.1 Å². The highest BCUT2D eigenvalue weighted by Crippen LogP contribution is 2.29. The zero-order chi connectivity index (χ0) is 13.9. The second-order valence-electron chi connectivity index (χ2n) is 5.17. The van der Waals surface area contributed by atoms with Crippen LogP contribution < -0.4 is 21.7 Å². The average Bonchev–Trinajstić information content (AvgIpc) is 2.49. The van der Waals surface area contributed by atoms with E-state index in [4.69, 9.17) is 11.5 Å². The number of nitrogens with zero attached hydrogens (tertiary/aromatic N) is 1. The summed E-state index contributed by atoms with van der Waals surface area (Å²) >= 11 is 0. The molecule has 3 rings (SSSR count). The van der Waals surface area contributed by atoms with Crippen molar-refractivity contribution in [1.29, 1.82) is 0 Å². The van der Waals surface area contributed by atoms with Gasteiger partial charge in [-0.2, -0.15) is 0 Å². The quantitative estimate of drug-likeness (QED) is 0.729. The molecular weight excluding hydrogens is 248 g/mol. The van der Waals surface area contributed by atoms with E-state index in [1.807, 2.05) is 24.3 Å². The summed E-state index contributed by atoms with van der Waals surface area (Å²) in [5.41, 5.74) is 15.6. The molecule has 4 nitrogen and oxygen atoms in total. The number of rotatable bonds is 2. The number of nitrogens with two attached hydrogens (primary N) is 2. The highest BCUT2D eigenvalue weighted by molar-refractivity contribution is 5.55. The van der Waals surface area contributed by atoms with Gasteiger partial charge < -0.3 is 21.7 Å². The van der Waals surface area contributed by atoms with Crippen LogP contribution in [-0.2, 0) is 0 Å². The summed E-state index contributed by atoms with van der Waals surface area (Å²) in [5, 5.41) is 3.46. The highest BCUT2D eigenvalue weighted by Gasteiger charge is 2.23. The summed E-state index contributed by atoms with van der Waals surface area (Å²) in [4.78, 5) is 2.42. The van der Waals surface area contributed by atoms with Crippen LogP contribution in [0.15, 0.2) is 48.5 Å². The molecule has 5 N–H and O–H groups in total. The Hall–Kier alpha value is -2.20. The Bertz CT molecular complexity index is 509. The van der Waals surface area contributed by atoms with E-state index in [9.17, 15) is 0 Å². The summed E-state index contributed by atoms with van der Waals surface area (Å²) in [6, 6.07) is 16.6. The van der Waals surface area contributed by atoms with Gasteiger partial charge in [-0.3, -0.25) is 0 Å². The lowest BCUT2D eigenvalue weighted by Crippen LogP contribution is -2.46. The molecule has 0 radical (unpaired) electrons. The molecule has 0 spiro atoms. The van der Waals surface area contributed by atoms with Gasteiger partial charge in [-0.25, -0.2) is 0 Å². The lowest BCUT2D eigenvalue weighted by Gasteiger charge is -2.38. The van der Waals surface area contributed by atoms with Crippen molar-refractivity contribution in [3.63, 3.8) is 0 Å². The fourth-order valence-corrected chi connectivity index (χ4v) is 2.70. The number of anilines is 3. The fraction of sp³-hybridized carbons (Fsp3) is 0.250. The Morgan fingerprint density at radius 2 is 1.50 bits per heavy atom. The van der Waals surface area contributed by atoms with Gasteiger partial charge in [0.1, 0.15) is 0 Å². The molecule has 104 valence electrons. The molecule has 0 saturated carbocycles. The predicted octanol–water partition coefficient (Wildman–Crippen LogP) is 2.00. The molecule has 0 aromatic heterocycles. The molecule has 4 heteroatoms. The van der Waals surface area contributed by atoms with E-state index >= 15 is 0 Å². The van der Waals surface area contributed by atoms with Crippen LogP contribution in [0.1, 0.15) is 11.6 Å². The summed E-state index contributed by atoms with van der Waals surface area (Å²) in [6.07, 6.45) is 0. The number of hydrogen-bond donors (Lipinski definition) is 3. The van der Waals surface area contributed by atoms with Crippen LogP contribution in [0.5, 0.6) is 0 Å². The van der Waals surface area contributed by atoms with Gasteiger partial charge in [0.05, 0.1) is 6.04 Å². The van der Waals surface area contributed by atoms with Gasteiger partial charge in [0.2, 0.25) is 0 Å². The van der Waals surface area contributed by atoms with Crippen molar-refractivity contribution in [1.82, 2.24) is 5.32 Å². The fourth-order valence-electron chi connectivity index (χ4n) is 2.70.